The van der Waals surface area contributed by atoms with E-state index >= 15 is 0 Å². The Kier molecular flexibility index (Phi) is 5.07. The lowest BCUT2D eigenvalue weighted by Crippen LogP contribution is -2.24. The minimum atomic E-state index is 0.686. The summed E-state index contributed by atoms with van der Waals surface area (Å²) >= 11 is 1.73. The maximum Gasteiger partial charge on any atom is 0.0945 e. The van der Waals surface area contributed by atoms with Crippen LogP contribution in [0.3, 0.4) is 0 Å². The molecule has 0 atom stereocenters. The average Bonchev–Trinajstić information content (AvgIpc) is 2.83. The van der Waals surface area contributed by atoms with Crippen LogP contribution in [0, 0.1) is 13.8 Å². The Labute approximate surface area is 118 Å². The number of hydrogen-bond donors (Lipinski definition) is 2. The van der Waals surface area contributed by atoms with Gasteiger partial charge < -0.3 is 11.1 Å². The first-order chi connectivity index (χ1) is 9.20. The summed E-state index contributed by atoms with van der Waals surface area (Å²) in [6.07, 6.45) is 0.968. The summed E-state index contributed by atoms with van der Waals surface area (Å²) in [5.74, 6) is 0. The van der Waals surface area contributed by atoms with Gasteiger partial charge in [0.2, 0.25) is 0 Å². The van der Waals surface area contributed by atoms with Gasteiger partial charge >= 0.3 is 0 Å². The van der Waals surface area contributed by atoms with Crippen molar-refractivity contribution in [1.29, 1.82) is 0 Å². The molecule has 0 bridgehead atoms. The molecule has 0 unspecified atom stereocenters. The number of nitrogens with zero attached hydrogens (tertiary/aromatic N) is 1. The molecule has 3 N–H and O–H groups in total. The Morgan fingerprint density at radius 2 is 2.11 bits per heavy atom. The molecule has 0 spiro atoms. The van der Waals surface area contributed by atoms with E-state index in [4.69, 9.17) is 10.7 Å². The van der Waals surface area contributed by atoms with Crippen LogP contribution in [-0.2, 0) is 6.42 Å². The van der Waals surface area contributed by atoms with Crippen molar-refractivity contribution in [3.63, 3.8) is 0 Å². The highest BCUT2D eigenvalue weighted by molar-refractivity contribution is 7.09. The van der Waals surface area contributed by atoms with Gasteiger partial charge in [0.05, 0.1) is 10.7 Å². The van der Waals surface area contributed by atoms with Gasteiger partial charge in [0.25, 0.3) is 0 Å². The third-order valence-electron chi connectivity index (χ3n) is 3.05. The van der Waals surface area contributed by atoms with Crippen molar-refractivity contribution in [1.82, 2.24) is 10.3 Å². The van der Waals surface area contributed by atoms with E-state index in [1.54, 1.807) is 11.3 Å². The van der Waals surface area contributed by atoms with Crippen LogP contribution in [0.4, 0.5) is 0 Å². The molecular formula is C15H21N3S. The Hall–Kier alpha value is -1.23. The first-order valence-corrected chi connectivity index (χ1v) is 7.51. The fourth-order valence-corrected chi connectivity index (χ4v) is 2.87. The van der Waals surface area contributed by atoms with Crippen LogP contribution >= 0.6 is 11.3 Å². The van der Waals surface area contributed by atoms with E-state index in [1.807, 2.05) is 0 Å². The van der Waals surface area contributed by atoms with Gasteiger partial charge in [-0.3, -0.25) is 0 Å². The van der Waals surface area contributed by atoms with Crippen molar-refractivity contribution in [2.45, 2.75) is 20.3 Å². The first kappa shape index (κ1) is 14.2. The number of rotatable bonds is 6. The molecule has 3 nitrogen and oxygen atoms in total. The number of hydrogen-bond acceptors (Lipinski definition) is 4. The van der Waals surface area contributed by atoms with Crippen molar-refractivity contribution in [3.05, 3.63) is 39.7 Å². The third kappa shape index (κ3) is 3.86. The number of thiazole rings is 1. The predicted octanol–water partition coefficient (Wildman–Crippen LogP) is 2.52. The Bertz CT molecular complexity index is 534. The minimum absolute atomic E-state index is 0.686. The second-order valence-electron chi connectivity index (χ2n) is 4.73. The largest absolute Gasteiger partial charge is 0.329 e. The predicted molar refractivity (Wildman–Crippen MR) is 82.7 cm³/mol. The summed E-state index contributed by atoms with van der Waals surface area (Å²) in [6.45, 7) is 6.76. The Morgan fingerprint density at radius 1 is 1.26 bits per heavy atom. The zero-order chi connectivity index (χ0) is 13.7. The van der Waals surface area contributed by atoms with Crippen LogP contribution < -0.4 is 11.1 Å². The summed E-state index contributed by atoms with van der Waals surface area (Å²) in [4.78, 5) is 4.72. The van der Waals surface area contributed by atoms with E-state index in [9.17, 15) is 0 Å². The standard InChI is InChI=1S/C15H21N3S/c1-11-3-4-13(12(2)9-11)14-10-19-15(18-14)5-7-17-8-6-16/h3-4,9-10,17H,5-8,16H2,1-2H3. The molecule has 2 aromatic rings. The topological polar surface area (TPSA) is 50.9 Å². The average molecular weight is 275 g/mol. The van der Waals surface area contributed by atoms with Crippen LogP contribution in [0.15, 0.2) is 23.6 Å². The molecule has 1 aromatic heterocycles. The van der Waals surface area contributed by atoms with Gasteiger partial charge in [-0.2, -0.15) is 0 Å². The molecule has 102 valence electrons. The van der Waals surface area contributed by atoms with E-state index in [0.717, 1.165) is 25.2 Å². The summed E-state index contributed by atoms with van der Waals surface area (Å²) in [6, 6.07) is 6.51. The van der Waals surface area contributed by atoms with E-state index in [0.29, 0.717) is 6.54 Å². The first-order valence-electron chi connectivity index (χ1n) is 6.63. The molecule has 0 amide bonds. The van der Waals surface area contributed by atoms with Gasteiger partial charge in [-0.25, -0.2) is 4.98 Å². The molecule has 19 heavy (non-hydrogen) atoms. The molecule has 2 rings (SSSR count). The fraction of sp³-hybridized carbons (Fsp3) is 0.400. The van der Waals surface area contributed by atoms with Crippen LogP contribution in [0.1, 0.15) is 16.1 Å². The van der Waals surface area contributed by atoms with Crippen LogP contribution in [0.25, 0.3) is 11.3 Å². The highest BCUT2D eigenvalue weighted by Gasteiger charge is 2.07. The monoisotopic (exact) mass is 275 g/mol. The second-order valence-corrected chi connectivity index (χ2v) is 5.68. The lowest BCUT2D eigenvalue weighted by atomic mass is 10.0. The van der Waals surface area contributed by atoms with Crippen LogP contribution in [-0.4, -0.2) is 24.6 Å². The zero-order valence-electron chi connectivity index (χ0n) is 11.6. The number of aromatic nitrogens is 1. The molecule has 0 saturated carbocycles. The molecular weight excluding hydrogens is 254 g/mol. The number of nitrogens with two attached hydrogens (primary N) is 1. The molecule has 0 aliphatic heterocycles. The maximum absolute atomic E-state index is 5.44. The van der Waals surface area contributed by atoms with Gasteiger partial charge in [-0.1, -0.05) is 23.8 Å². The molecule has 0 fully saturated rings. The normalized spacial score (nSPS) is 10.9. The highest BCUT2D eigenvalue weighted by atomic mass is 32.1. The molecule has 0 aliphatic rings. The Balaban J connectivity index is 2.04. The van der Waals surface area contributed by atoms with Crippen molar-refractivity contribution < 1.29 is 0 Å². The summed E-state index contributed by atoms with van der Waals surface area (Å²) in [5.41, 5.74) is 10.4. The number of aryl methyl sites for hydroxylation is 2. The van der Waals surface area contributed by atoms with E-state index < -0.39 is 0 Å². The van der Waals surface area contributed by atoms with Gasteiger partial charge in [-0.05, 0) is 19.4 Å². The lowest BCUT2D eigenvalue weighted by molar-refractivity contribution is 0.687. The smallest absolute Gasteiger partial charge is 0.0945 e. The summed E-state index contributed by atoms with van der Waals surface area (Å²) < 4.78 is 0. The molecule has 1 heterocycles. The van der Waals surface area contributed by atoms with Crippen molar-refractivity contribution in [2.75, 3.05) is 19.6 Å². The van der Waals surface area contributed by atoms with E-state index in [1.165, 1.54) is 21.7 Å². The lowest BCUT2D eigenvalue weighted by Gasteiger charge is -2.03. The van der Waals surface area contributed by atoms with Crippen molar-refractivity contribution in [3.8, 4) is 11.3 Å². The highest BCUT2D eigenvalue weighted by Crippen LogP contribution is 2.25. The molecule has 4 heteroatoms. The quantitative estimate of drug-likeness (QED) is 0.797. The SMILES string of the molecule is Cc1ccc(-c2csc(CCNCCN)n2)c(C)c1. The van der Waals surface area contributed by atoms with Gasteiger partial charge in [0.1, 0.15) is 0 Å². The number of benzene rings is 1. The molecule has 0 radical (unpaired) electrons. The van der Waals surface area contributed by atoms with Gasteiger partial charge in [0, 0.05) is 37.0 Å². The zero-order valence-corrected chi connectivity index (χ0v) is 12.4. The summed E-state index contributed by atoms with van der Waals surface area (Å²) in [5, 5.41) is 6.62. The molecule has 0 aliphatic carbocycles. The Morgan fingerprint density at radius 3 is 2.84 bits per heavy atom. The van der Waals surface area contributed by atoms with E-state index in [-0.39, 0.29) is 0 Å². The third-order valence-corrected chi connectivity index (χ3v) is 3.95. The minimum Gasteiger partial charge on any atom is -0.329 e. The van der Waals surface area contributed by atoms with Crippen molar-refractivity contribution in [2.24, 2.45) is 5.73 Å². The van der Waals surface area contributed by atoms with Crippen molar-refractivity contribution >= 4 is 11.3 Å². The van der Waals surface area contributed by atoms with Crippen LogP contribution in [0.2, 0.25) is 0 Å². The van der Waals surface area contributed by atoms with Gasteiger partial charge in [-0.15, -0.1) is 11.3 Å². The second kappa shape index (κ2) is 6.80. The van der Waals surface area contributed by atoms with Crippen LogP contribution in [0.5, 0.6) is 0 Å². The van der Waals surface area contributed by atoms with E-state index in [2.05, 4.69) is 42.7 Å². The van der Waals surface area contributed by atoms with Gasteiger partial charge in [0.15, 0.2) is 0 Å². The number of nitrogens with one attached hydrogen (secondary N) is 1. The fourth-order valence-electron chi connectivity index (χ4n) is 2.07. The summed E-state index contributed by atoms with van der Waals surface area (Å²) in [7, 11) is 0. The molecule has 1 aromatic carbocycles. The maximum atomic E-state index is 5.44. The molecule has 0 saturated heterocycles.